The zero-order valence-electron chi connectivity index (χ0n) is 28.4. The number of carbonyl (C=O) groups excluding carboxylic acids is 4. The molecule has 0 aliphatic carbocycles. The molecular weight excluding hydrogens is 737 g/mol. The van der Waals surface area contributed by atoms with Crippen LogP contribution in [0.3, 0.4) is 0 Å². The molecule has 0 saturated carbocycles. The SMILES string of the molecule is C.C.C.CP=O.N#CC(O)CCCC(O)C#N.N#CC(O)c1ccccc1C(O)C#N.O=CCCCC=O.O=Cc1ccccc1C=O.[C-]#N.[C-]#N.[Na+].[Na+]. The van der Waals surface area contributed by atoms with Crippen molar-refractivity contribution in [3.8, 4) is 24.3 Å². The van der Waals surface area contributed by atoms with Crippen LogP contribution < -0.4 is 59.1 Å². The third kappa shape index (κ3) is 46.0. The monoisotopic (exact) mass is 784 g/mol. The van der Waals surface area contributed by atoms with Gasteiger partial charge in [-0.1, -0.05) is 70.8 Å². The van der Waals surface area contributed by atoms with E-state index in [1.807, 2.05) is 0 Å². The number of nitriles is 4. The molecule has 0 aromatic heterocycles. The van der Waals surface area contributed by atoms with E-state index in [0.717, 1.165) is 12.6 Å². The molecule has 0 heterocycles. The van der Waals surface area contributed by atoms with E-state index in [2.05, 4.69) is 0 Å². The molecule has 0 bridgehead atoms. The molecule has 4 N–H and O–H groups in total. The van der Waals surface area contributed by atoms with Crippen LogP contribution in [0, 0.1) is 69.0 Å². The van der Waals surface area contributed by atoms with Crippen LogP contribution >= 0.6 is 8.46 Å². The van der Waals surface area contributed by atoms with E-state index in [9.17, 15) is 29.4 Å². The fraction of sp³-hybridized carbons (Fsp3) is 0.389. The van der Waals surface area contributed by atoms with E-state index < -0.39 is 24.4 Å². The molecule has 0 aliphatic heterocycles. The van der Waals surface area contributed by atoms with E-state index in [4.69, 9.17) is 59.5 Å². The van der Waals surface area contributed by atoms with Gasteiger partial charge in [-0.15, -0.1) is 0 Å². The molecule has 15 nitrogen and oxygen atoms in total. The second kappa shape index (κ2) is 61.1. The van der Waals surface area contributed by atoms with Crippen LogP contribution in [0.15, 0.2) is 48.5 Å². The molecule has 0 amide bonds. The Balaban J connectivity index is -0.0000000558. The van der Waals surface area contributed by atoms with Crippen molar-refractivity contribution >= 4 is 33.6 Å². The van der Waals surface area contributed by atoms with Gasteiger partial charge in [-0.25, -0.2) is 0 Å². The molecule has 2 aromatic rings. The Hall–Kier alpha value is -4.00. The van der Waals surface area contributed by atoms with Crippen LogP contribution in [-0.4, -0.2) is 64.4 Å². The number of aliphatic hydroxyl groups excluding tert-OH is 4. The molecule has 282 valence electrons. The molecule has 2 aromatic carbocycles. The van der Waals surface area contributed by atoms with E-state index in [1.54, 1.807) is 67.3 Å². The van der Waals surface area contributed by atoms with Crippen molar-refractivity contribution in [1.29, 1.82) is 31.6 Å². The maximum Gasteiger partial charge on any atom is 1.00 e. The number of hydrogen-bond acceptors (Lipinski definition) is 15. The summed E-state index contributed by atoms with van der Waals surface area (Å²) >= 11 is 0. The molecule has 4 atom stereocenters. The molecule has 0 radical (unpaired) electrons. The number of unbranched alkanes of at least 4 members (excludes halogenated alkanes) is 2. The predicted octanol–water partition coefficient (Wildman–Crippen LogP) is -0.391. The minimum absolute atomic E-state index is 0. The van der Waals surface area contributed by atoms with Crippen molar-refractivity contribution in [3.05, 3.63) is 83.9 Å². The van der Waals surface area contributed by atoms with Crippen LogP contribution in [0.4, 0.5) is 0 Å². The molecule has 4 unspecified atom stereocenters. The van der Waals surface area contributed by atoms with Crippen LogP contribution in [-0.2, 0) is 14.2 Å². The van der Waals surface area contributed by atoms with Crippen LogP contribution in [0.5, 0.6) is 0 Å². The van der Waals surface area contributed by atoms with Crippen molar-refractivity contribution in [1.82, 2.24) is 0 Å². The fourth-order valence-corrected chi connectivity index (χ4v) is 2.79. The smallest absolute Gasteiger partial charge is 0.512 e. The first-order valence-corrected chi connectivity index (χ1v) is 14.8. The molecule has 0 spiro atoms. The summed E-state index contributed by atoms with van der Waals surface area (Å²) in [4.78, 5) is 39.6. The van der Waals surface area contributed by atoms with Gasteiger partial charge in [0.15, 0.2) is 33.2 Å². The first-order valence-electron chi connectivity index (χ1n) is 13.5. The van der Waals surface area contributed by atoms with Crippen molar-refractivity contribution in [2.75, 3.05) is 6.66 Å². The number of rotatable bonds is 12. The summed E-state index contributed by atoms with van der Waals surface area (Å²) < 4.78 is 8.90. The first kappa shape index (κ1) is 75.0. The standard InChI is InChI=1S/C10H8N2O2.C8H6O2.C7H10N2O2.C5H8O2.2CN.CH3OP.3CH4.2Na/c11-5-9(13)7-3-1-2-4-8(7)10(14)6-12;9-5-7-3-1-2-4-8(7)6-10;8-4-6(10)2-1-3-7(11)5-9;6-4-2-1-3-5-7;2*1-2;1-3-2;;;;;/h1-4,9-10,13-14H;1-6H;6-7,10-11H,1-3H2;4-5H,1-3H2;;;1H3;3*1H4;;/q;;;;2*-1;;;;;2*+1. The third-order valence-corrected chi connectivity index (χ3v) is 4.98. The van der Waals surface area contributed by atoms with Crippen LogP contribution in [0.2, 0.25) is 0 Å². The number of aldehydes is 4. The number of aliphatic hydroxyl groups is 4. The van der Waals surface area contributed by atoms with Gasteiger partial charge in [-0.3, -0.25) is 14.2 Å². The Kier molecular flexibility index (Phi) is 84.8. The van der Waals surface area contributed by atoms with E-state index in [1.165, 1.54) is 12.1 Å². The fourth-order valence-electron chi connectivity index (χ4n) is 2.79. The Morgan fingerprint density at radius 1 is 0.611 bits per heavy atom. The summed E-state index contributed by atoms with van der Waals surface area (Å²) in [6.45, 7) is 11.0. The topological polar surface area (TPSA) is 309 Å². The summed E-state index contributed by atoms with van der Waals surface area (Å²) in [6, 6.07) is 19.5. The quantitative estimate of drug-likeness (QED) is 0.0532. The Morgan fingerprint density at radius 2 is 0.889 bits per heavy atom. The van der Waals surface area contributed by atoms with E-state index in [-0.39, 0.29) is 101 Å². The van der Waals surface area contributed by atoms with Gasteiger partial charge in [0.25, 0.3) is 0 Å². The number of hydrogen-bond donors (Lipinski definition) is 4. The summed E-state index contributed by atoms with van der Waals surface area (Å²) in [5.41, 5.74) is 1.42. The van der Waals surface area contributed by atoms with Gasteiger partial charge in [0, 0.05) is 41.8 Å². The Bertz CT molecular complexity index is 1320. The number of carbonyl (C=O) groups is 4. The van der Waals surface area contributed by atoms with Crippen molar-refractivity contribution in [2.24, 2.45) is 0 Å². The molecular formula is C36H47N6Na2O9P. The second-order valence-corrected chi connectivity index (χ2v) is 8.59. The van der Waals surface area contributed by atoms with Crippen LogP contribution in [0.1, 0.15) is 105 Å². The predicted molar refractivity (Wildman–Crippen MR) is 192 cm³/mol. The van der Waals surface area contributed by atoms with E-state index >= 15 is 0 Å². The molecule has 0 aliphatic rings. The molecule has 18 heteroatoms. The third-order valence-electron chi connectivity index (χ3n) is 4.98. The Labute approximate surface area is 365 Å². The van der Waals surface area contributed by atoms with Gasteiger partial charge < -0.3 is 53.7 Å². The van der Waals surface area contributed by atoms with E-state index in [0.29, 0.717) is 62.2 Å². The number of nitrogens with zero attached hydrogens (tertiary/aromatic N) is 6. The average molecular weight is 785 g/mol. The van der Waals surface area contributed by atoms with Crippen molar-refractivity contribution < 1.29 is 103 Å². The summed E-state index contributed by atoms with van der Waals surface area (Å²) in [5, 5.41) is 81.7. The summed E-state index contributed by atoms with van der Waals surface area (Å²) in [5.74, 6) is 0. The summed E-state index contributed by atoms with van der Waals surface area (Å²) in [7, 11) is 0.167. The second-order valence-electron chi connectivity index (χ2n) is 8.22. The molecule has 0 saturated heterocycles. The molecule has 54 heavy (non-hydrogen) atoms. The average Bonchev–Trinajstić information content (AvgIpc) is 3.16. The maximum atomic E-state index is 10.2. The van der Waals surface area contributed by atoms with Gasteiger partial charge in [0.05, 0.1) is 24.3 Å². The summed E-state index contributed by atoms with van der Waals surface area (Å²) in [6.07, 6.45) is 1.27. The normalized spacial score (nSPS) is 9.65. The zero-order chi connectivity index (χ0) is 38.9. The van der Waals surface area contributed by atoms with Gasteiger partial charge in [-0.05, 0) is 25.7 Å². The van der Waals surface area contributed by atoms with Gasteiger partial charge in [0.2, 0.25) is 0 Å². The first-order chi connectivity index (χ1) is 23.6. The largest absolute Gasteiger partial charge is 1.00 e. The van der Waals surface area contributed by atoms with Gasteiger partial charge in [0.1, 0.15) is 24.8 Å². The van der Waals surface area contributed by atoms with Crippen molar-refractivity contribution in [3.63, 3.8) is 0 Å². The van der Waals surface area contributed by atoms with Gasteiger partial charge in [-0.2, -0.15) is 21.0 Å². The molecule has 2 rings (SSSR count). The minimum atomic E-state index is -1.31. The minimum Gasteiger partial charge on any atom is -0.512 e. The Morgan fingerprint density at radius 3 is 1.11 bits per heavy atom. The zero-order valence-corrected chi connectivity index (χ0v) is 33.3. The maximum absolute atomic E-state index is 10.2. The van der Waals surface area contributed by atoms with Gasteiger partial charge >= 0.3 is 59.1 Å². The molecule has 0 fully saturated rings. The van der Waals surface area contributed by atoms with Crippen molar-refractivity contribution in [2.45, 2.75) is 85.2 Å². The number of benzene rings is 2. The van der Waals surface area contributed by atoms with Crippen LogP contribution in [0.25, 0.3) is 0 Å².